The molecule has 0 saturated carbocycles. The lowest BCUT2D eigenvalue weighted by atomic mass is 9.75. The van der Waals surface area contributed by atoms with Crippen LogP contribution >= 0.6 is 0 Å². The molecule has 0 radical (unpaired) electrons. The van der Waals surface area contributed by atoms with Crippen LogP contribution in [0.3, 0.4) is 0 Å². The fraction of sp³-hybridized carbons (Fsp3) is 0.667. The maximum absolute atomic E-state index is 5.54. The Labute approximate surface area is 124 Å². The Balaban J connectivity index is 2.82. The van der Waals surface area contributed by atoms with E-state index in [-0.39, 0.29) is 5.41 Å². The van der Waals surface area contributed by atoms with Crippen molar-refractivity contribution in [3.05, 3.63) is 29.8 Å². The number of nitrogens with one attached hydrogen (secondary N) is 1. The molecule has 0 fully saturated rings. The Morgan fingerprint density at radius 3 is 2.10 bits per heavy atom. The van der Waals surface area contributed by atoms with Gasteiger partial charge in [0.25, 0.3) is 0 Å². The van der Waals surface area contributed by atoms with Gasteiger partial charge >= 0.3 is 0 Å². The molecule has 0 unspecified atom stereocenters. The van der Waals surface area contributed by atoms with Crippen molar-refractivity contribution in [3.63, 3.8) is 0 Å². The molecule has 1 aromatic rings. The minimum absolute atomic E-state index is 0.236. The molecule has 0 bridgehead atoms. The van der Waals surface area contributed by atoms with Crippen molar-refractivity contribution in [2.24, 2.45) is 5.92 Å². The summed E-state index contributed by atoms with van der Waals surface area (Å²) >= 11 is 0. The summed E-state index contributed by atoms with van der Waals surface area (Å²) in [5.41, 5.74) is 1.65. The molecule has 0 heterocycles. The van der Waals surface area contributed by atoms with Crippen LogP contribution in [0.1, 0.15) is 53.0 Å². The zero-order chi connectivity index (χ0) is 15.0. The third kappa shape index (κ3) is 4.52. The molecule has 2 nitrogen and oxygen atoms in total. The van der Waals surface area contributed by atoms with Gasteiger partial charge in [0.1, 0.15) is 5.75 Å². The Morgan fingerprint density at radius 1 is 1.05 bits per heavy atom. The summed E-state index contributed by atoms with van der Waals surface area (Å²) in [6.45, 7) is 14.0. The van der Waals surface area contributed by atoms with E-state index in [9.17, 15) is 0 Å². The van der Waals surface area contributed by atoms with Crippen LogP contribution in [0, 0.1) is 5.92 Å². The standard InChI is InChI=1S/C18H31NO/c1-6-18(7-2,14-19-13-15(4)5)16-9-11-17(12-10-16)20-8-3/h9-12,15,19H,6-8,13-14H2,1-5H3. The van der Waals surface area contributed by atoms with E-state index < -0.39 is 0 Å². The van der Waals surface area contributed by atoms with Crippen molar-refractivity contribution < 1.29 is 4.74 Å². The van der Waals surface area contributed by atoms with Crippen LogP contribution in [0.2, 0.25) is 0 Å². The molecule has 1 aromatic carbocycles. The molecule has 0 aliphatic rings. The van der Waals surface area contributed by atoms with Gasteiger partial charge in [-0.2, -0.15) is 0 Å². The number of hydrogen-bond donors (Lipinski definition) is 1. The van der Waals surface area contributed by atoms with Crippen molar-refractivity contribution >= 4 is 0 Å². The highest BCUT2D eigenvalue weighted by Gasteiger charge is 2.28. The van der Waals surface area contributed by atoms with Gasteiger partial charge in [0.15, 0.2) is 0 Å². The van der Waals surface area contributed by atoms with Gasteiger partial charge in [-0.1, -0.05) is 39.8 Å². The molecule has 0 saturated heterocycles. The maximum Gasteiger partial charge on any atom is 0.119 e. The van der Waals surface area contributed by atoms with Gasteiger partial charge < -0.3 is 10.1 Å². The Kier molecular flexibility index (Phi) is 7.08. The highest BCUT2D eigenvalue weighted by atomic mass is 16.5. The molecule has 0 atom stereocenters. The Morgan fingerprint density at radius 2 is 1.65 bits per heavy atom. The summed E-state index contributed by atoms with van der Waals surface area (Å²) in [6.07, 6.45) is 2.31. The summed E-state index contributed by atoms with van der Waals surface area (Å²) < 4.78 is 5.54. The minimum Gasteiger partial charge on any atom is -0.494 e. The van der Waals surface area contributed by atoms with Gasteiger partial charge in [0.05, 0.1) is 6.61 Å². The lowest BCUT2D eigenvalue weighted by Crippen LogP contribution is -2.38. The van der Waals surface area contributed by atoms with E-state index in [1.54, 1.807) is 0 Å². The first-order chi connectivity index (χ1) is 9.57. The molecule has 1 N–H and O–H groups in total. The number of benzene rings is 1. The van der Waals surface area contributed by atoms with Crippen LogP contribution in [0.15, 0.2) is 24.3 Å². The van der Waals surface area contributed by atoms with Crippen LogP contribution in [-0.2, 0) is 5.41 Å². The minimum atomic E-state index is 0.236. The first kappa shape index (κ1) is 17.0. The molecule has 0 aliphatic carbocycles. The predicted octanol–water partition coefficient (Wildman–Crippen LogP) is 4.39. The first-order valence-electron chi connectivity index (χ1n) is 8.02. The van der Waals surface area contributed by atoms with Gasteiger partial charge in [-0.25, -0.2) is 0 Å². The van der Waals surface area contributed by atoms with E-state index >= 15 is 0 Å². The molecule has 0 amide bonds. The summed E-state index contributed by atoms with van der Waals surface area (Å²) in [7, 11) is 0. The molecular formula is C18H31NO. The molecule has 0 aliphatic heterocycles. The van der Waals surface area contributed by atoms with Crippen molar-refractivity contribution in [2.75, 3.05) is 19.7 Å². The summed E-state index contributed by atoms with van der Waals surface area (Å²) in [5, 5.41) is 3.63. The molecular weight excluding hydrogens is 246 g/mol. The number of rotatable bonds is 9. The zero-order valence-electron chi connectivity index (χ0n) is 13.8. The van der Waals surface area contributed by atoms with Crippen molar-refractivity contribution in [2.45, 2.75) is 52.9 Å². The molecule has 0 aromatic heterocycles. The average molecular weight is 277 g/mol. The topological polar surface area (TPSA) is 21.3 Å². The fourth-order valence-corrected chi connectivity index (χ4v) is 2.68. The largest absolute Gasteiger partial charge is 0.494 e. The normalized spacial score (nSPS) is 11.9. The van der Waals surface area contributed by atoms with Crippen LogP contribution in [0.5, 0.6) is 5.75 Å². The maximum atomic E-state index is 5.54. The quantitative estimate of drug-likeness (QED) is 0.723. The Hall–Kier alpha value is -1.02. The van der Waals surface area contributed by atoms with Crippen LogP contribution in [0.25, 0.3) is 0 Å². The Bertz CT molecular complexity index is 366. The fourth-order valence-electron chi connectivity index (χ4n) is 2.68. The van der Waals surface area contributed by atoms with Crippen molar-refractivity contribution in [1.29, 1.82) is 0 Å². The van der Waals surface area contributed by atoms with Crippen LogP contribution in [0.4, 0.5) is 0 Å². The van der Waals surface area contributed by atoms with Crippen molar-refractivity contribution in [3.8, 4) is 5.75 Å². The summed E-state index contributed by atoms with van der Waals surface area (Å²) in [6, 6.07) is 8.66. The van der Waals surface area contributed by atoms with E-state index in [0.717, 1.165) is 38.3 Å². The lowest BCUT2D eigenvalue weighted by molar-refractivity contribution is 0.337. The van der Waals surface area contributed by atoms with Gasteiger partial charge in [0.2, 0.25) is 0 Å². The number of hydrogen-bond acceptors (Lipinski definition) is 2. The van der Waals surface area contributed by atoms with E-state index in [1.165, 1.54) is 5.56 Å². The zero-order valence-corrected chi connectivity index (χ0v) is 13.8. The highest BCUT2D eigenvalue weighted by molar-refractivity contribution is 5.32. The predicted molar refractivity (Wildman–Crippen MR) is 87.6 cm³/mol. The lowest BCUT2D eigenvalue weighted by Gasteiger charge is -2.33. The van der Waals surface area contributed by atoms with Gasteiger partial charge in [-0.3, -0.25) is 0 Å². The van der Waals surface area contributed by atoms with Gasteiger partial charge in [0, 0.05) is 12.0 Å². The van der Waals surface area contributed by atoms with E-state index in [1.807, 2.05) is 6.92 Å². The first-order valence-corrected chi connectivity index (χ1v) is 8.02. The molecule has 2 heteroatoms. The summed E-state index contributed by atoms with van der Waals surface area (Å²) in [4.78, 5) is 0. The van der Waals surface area contributed by atoms with Gasteiger partial charge in [-0.15, -0.1) is 0 Å². The van der Waals surface area contributed by atoms with Crippen LogP contribution < -0.4 is 10.1 Å². The second-order valence-corrected chi connectivity index (χ2v) is 5.97. The van der Waals surface area contributed by atoms with Gasteiger partial charge in [-0.05, 0) is 49.9 Å². The highest BCUT2D eigenvalue weighted by Crippen LogP contribution is 2.32. The van der Waals surface area contributed by atoms with Crippen molar-refractivity contribution in [1.82, 2.24) is 5.32 Å². The average Bonchev–Trinajstić information content (AvgIpc) is 2.45. The second-order valence-electron chi connectivity index (χ2n) is 5.97. The molecule has 0 spiro atoms. The monoisotopic (exact) mass is 277 g/mol. The van der Waals surface area contributed by atoms with E-state index in [2.05, 4.69) is 57.3 Å². The van der Waals surface area contributed by atoms with E-state index in [0.29, 0.717) is 5.92 Å². The molecule has 1 rings (SSSR count). The summed E-state index contributed by atoms with van der Waals surface area (Å²) in [5.74, 6) is 1.66. The molecule has 114 valence electrons. The second kappa shape index (κ2) is 8.31. The number of ether oxygens (including phenoxy) is 1. The van der Waals surface area contributed by atoms with E-state index in [4.69, 9.17) is 4.74 Å². The molecule has 20 heavy (non-hydrogen) atoms. The third-order valence-electron chi connectivity index (χ3n) is 4.15. The SMILES string of the molecule is CCOc1ccc(C(CC)(CC)CNCC(C)C)cc1. The van der Waals surface area contributed by atoms with Crippen LogP contribution in [-0.4, -0.2) is 19.7 Å². The smallest absolute Gasteiger partial charge is 0.119 e. The third-order valence-corrected chi connectivity index (χ3v) is 4.15.